The summed E-state index contributed by atoms with van der Waals surface area (Å²) in [5.41, 5.74) is 1.64. The molecular formula is C13H9F4NS. The van der Waals surface area contributed by atoms with Crippen molar-refractivity contribution < 1.29 is 17.6 Å². The molecule has 1 nitrogen and oxygen atoms in total. The molecule has 0 unspecified atom stereocenters. The van der Waals surface area contributed by atoms with Gasteiger partial charge in [-0.25, -0.2) is 8.78 Å². The van der Waals surface area contributed by atoms with Gasteiger partial charge in [0.15, 0.2) is 11.6 Å². The van der Waals surface area contributed by atoms with Gasteiger partial charge in [-0.3, -0.25) is 0 Å². The van der Waals surface area contributed by atoms with E-state index >= 15 is 0 Å². The highest BCUT2D eigenvalue weighted by atomic mass is 32.2. The summed E-state index contributed by atoms with van der Waals surface area (Å²) >= 11 is 0.640. The number of hydrogen-bond acceptors (Lipinski definition) is 2. The number of pyridine rings is 1. The van der Waals surface area contributed by atoms with E-state index in [0.717, 1.165) is 11.1 Å². The Hall–Kier alpha value is -1.56. The molecule has 19 heavy (non-hydrogen) atoms. The van der Waals surface area contributed by atoms with Gasteiger partial charge in [-0.1, -0.05) is 23.9 Å². The summed E-state index contributed by atoms with van der Waals surface area (Å²) in [6.07, 6.45) is 0. The minimum atomic E-state index is -1.65. The van der Waals surface area contributed by atoms with E-state index in [9.17, 15) is 17.6 Å². The van der Waals surface area contributed by atoms with Gasteiger partial charge in [-0.15, -0.1) is 0 Å². The fourth-order valence-electron chi connectivity index (χ4n) is 1.48. The minimum Gasteiger partial charge on any atom is -0.201 e. The smallest absolute Gasteiger partial charge is 0.201 e. The van der Waals surface area contributed by atoms with Crippen molar-refractivity contribution >= 4 is 11.8 Å². The zero-order valence-electron chi connectivity index (χ0n) is 10.1. The average Bonchev–Trinajstić information content (AvgIpc) is 2.36. The van der Waals surface area contributed by atoms with E-state index in [1.54, 1.807) is 19.1 Å². The molecule has 2 aromatic rings. The van der Waals surface area contributed by atoms with Crippen LogP contribution in [0.1, 0.15) is 11.1 Å². The van der Waals surface area contributed by atoms with E-state index < -0.39 is 28.4 Å². The van der Waals surface area contributed by atoms with Crippen LogP contribution in [0.2, 0.25) is 0 Å². The molecule has 0 aliphatic rings. The van der Waals surface area contributed by atoms with Crippen LogP contribution in [-0.4, -0.2) is 4.98 Å². The maximum absolute atomic E-state index is 13.5. The molecule has 0 saturated carbocycles. The van der Waals surface area contributed by atoms with Crippen molar-refractivity contribution in [3.05, 3.63) is 52.9 Å². The lowest BCUT2D eigenvalue weighted by Gasteiger charge is -2.09. The number of hydrogen-bond donors (Lipinski definition) is 0. The maximum Gasteiger partial charge on any atom is 0.252 e. The Morgan fingerprint density at radius 2 is 1.53 bits per heavy atom. The van der Waals surface area contributed by atoms with Crippen LogP contribution < -0.4 is 0 Å². The van der Waals surface area contributed by atoms with E-state index in [1.165, 1.54) is 0 Å². The predicted octanol–water partition coefficient (Wildman–Crippen LogP) is 4.41. The summed E-state index contributed by atoms with van der Waals surface area (Å²) in [5, 5.41) is 0. The number of nitrogens with zero attached hydrogens (tertiary/aromatic N) is 1. The Balaban J connectivity index is 2.52. The van der Waals surface area contributed by atoms with E-state index in [1.807, 2.05) is 13.0 Å². The van der Waals surface area contributed by atoms with Crippen molar-refractivity contribution in [3.63, 3.8) is 0 Å². The van der Waals surface area contributed by atoms with E-state index in [-0.39, 0.29) is 0 Å². The van der Waals surface area contributed by atoms with Gasteiger partial charge in [-0.2, -0.15) is 13.8 Å². The molecule has 0 fully saturated rings. The molecule has 0 amide bonds. The van der Waals surface area contributed by atoms with Crippen LogP contribution in [0.4, 0.5) is 17.6 Å². The molecule has 0 spiro atoms. The largest absolute Gasteiger partial charge is 0.252 e. The zero-order chi connectivity index (χ0) is 14.2. The first kappa shape index (κ1) is 13.9. The second-order valence-electron chi connectivity index (χ2n) is 4.02. The molecule has 1 heterocycles. The molecule has 1 aromatic carbocycles. The minimum absolute atomic E-state index is 0.530. The molecule has 2 rings (SSSR count). The van der Waals surface area contributed by atoms with Gasteiger partial charge in [-0.05, 0) is 31.0 Å². The van der Waals surface area contributed by atoms with Crippen molar-refractivity contribution in [1.82, 2.24) is 4.98 Å². The summed E-state index contributed by atoms with van der Waals surface area (Å²) in [6, 6.07) is 5.29. The van der Waals surface area contributed by atoms with E-state index in [0.29, 0.717) is 16.7 Å². The Morgan fingerprint density at radius 3 is 2.11 bits per heavy atom. The molecule has 100 valence electrons. The molecule has 0 saturated heterocycles. The van der Waals surface area contributed by atoms with Crippen LogP contribution in [0, 0.1) is 37.4 Å². The van der Waals surface area contributed by atoms with Gasteiger partial charge in [0, 0.05) is 4.90 Å². The fourth-order valence-corrected chi connectivity index (χ4v) is 2.53. The van der Waals surface area contributed by atoms with Gasteiger partial charge >= 0.3 is 0 Å². The van der Waals surface area contributed by atoms with Gasteiger partial charge in [0.2, 0.25) is 0 Å². The summed E-state index contributed by atoms with van der Waals surface area (Å²) < 4.78 is 53.0. The van der Waals surface area contributed by atoms with Crippen molar-refractivity contribution in [3.8, 4) is 0 Å². The van der Waals surface area contributed by atoms with Gasteiger partial charge in [0.1, 0.15) is 0 Å². The molecule has 0 aliphatic carbocycles. The summed E-state index contributed by atoms with van der Waals surface area (Å²) in [6.45, 7) is 3.55. The lowest BCUT2D eigenvalue weighted by Crippen LogP contribution is -2.02. The highest BCUT2D eigenvalue weighted by Gasteiger charge is 2.22. The molecule has 0 radical (unpaired) electrons. The summed E-state index contributed by atoms with van der Waals surface area (Å²) in [4.78, 5) is 2.33. The van der Waals surface area contributed by atoms with E-state index in [4.69, 9.17) is 0 Å². The van der Waals surface area contributed by atoms with Crippen LogP contribution in [0.25, 0.3) is 0 Å². The average molecular weight is 287 g/mol. The van der Waals surface area contributed by atoms with Crippen LogP contribution in [0.15, 0.2) is 28.0 Å². The Kier molecular flexibility index (Phi) is 3.80. The van der Waals surface area contributed by atoms with Gasteiger partial charge in [0.25, 0.3) is 11.9 Å². The standard InChI is InChI=1S/C13H9F4NS/c1-6-3-4-7(2)8(5-6)19-11-9(14)12(16)18-13(17)10(11)15/h3-5H,1-2H3. The van der Waals surface area contributed by atoms with Crippen molar-refractivity contribution in [2.45, 2.75) is 23.6 Å². The van der Waals surface area contributed by atoms with Gasteiger partial charge < -0.3 is 0 Å². The van der Waals surface area contributed by atoms with Crippen LogP contribution in [0.5, 0.6) is 0 Å². The van der Waals surface area contributed by atoms with Crippen LogP contribution in [0.3, 0.4) is 0 Å². The normalized spacial score (nSPS) is 10.8. The quantitative estimate of drug-likeness (QED) is 0.599. The summed E-state index contributed by atoms with van der Waals surface area (Å²) in [7, 11) is 0. The fraction of sp³-hybridized carbons (Fsp3) is 0.154. The first-order valence-electron chi connectivity index (χ1n) is 5.35. The van der Waals surface area contributed by atoms with Crippen molar-refractivity contribution in [2.75, 3.05) is 0 Å². The third-order valence-electron chi connectivity index (χ3n) is 2.51. The third kappa shape index (κ3) is 2.73. The SMILES string of the molecule is Cc1ccc(C)c(Sc2c(F)c(F)nc(F)c2F)c1. The van der Waals surface area contributed by atoms with Crippen LogP contribution >= 0.6 is 11.8 Å². The second kappa shape index (κ2) is 5.21. The first-order chi connectivity index (χ1) is 8.90. The number of rotatable bonds is 2. The molecule has 6 heteroatoms. The predicted molar refractivity (Wildman–Crippen MR) is 64.1 cm³/mol. The molecule has 0 aliphatic heterocycles. The maximum atomic E-state index is 13.5. The number of aryl methyl sites for hydroxylation is 2. The molecule has 0 atom stereocenters. The Morgan fingerprint density at radius 1 is 0.947 bits per heavy atom. The molecule has 0 N–H and O–H groups in total. The van der Waals surface area contributed by atoms with Crippen LogP contribution in [-0.2, 0) is 0 Å². The molecule has 0 bridgehead atoms. The summed E-state index contributed by atoms with van der Waals surface area (Å²) in [5.74, 6) is -6.26. The molecule has 1 aromatic heterocycles. The lowest BCUT2D eigenvalue weighted by molar-refractivity contribution is 0.383. The monoisotopic (exact) mass is 287 g/mol. The van der Waals surface area contributed by atoms with Crippen molar-refractivity contribution in [1.29, 1.82) is 0 Å². The number of aromatic nitrogens is 1. The number of halogens is 4. The number of benzene rings is 1. The van der Waals surface area contributed by atoms with Crippen molar-refractivity contribution in [2.24, 2.45) is 0 Å². The highest BCUT2D eigenvalue weighted by Crippen LogP contribution is 2.35. The zero-order valence-corrected chi connectivity index (χ0v) is 10.9. The Bertz CT molecular complexity index is 617. The second-order valence-corrected chi connectivity index (χ2v) is 5.07. The van der Waals surface area contributed by atoms with E-state index in [2.05, 4.69) is 4.98 Å². The Labute approximate surface area is 111 Å². The van der Waals surface area contributed by atoms with Gasteiger partial charge in [0.05, 0.1) is 4.90 Å². The third-order valence-corrected chi connectivity index (χ3v) is 3.74. The topological polar surface area (TPSA) is 12.9 Å². The highest BCUT2D eigenvalue weighted by molar-refractivity contribution is 7.99. The lowest BCUT2D eigenvalue weighted by atomic mass is 10.2. The first-order valence-corrected chi connectivity index (χ1v) is 6.17. The molecular weight excluding hydrogens is 278 g/mol.